The molecule has 5 rings (SSSR count). The molecule has 0 saturated carbocycles. The van der Waals surface area contributed by atoms with E-state index in [1.54, 1.807) is 41.3 Å². The van der Waals surface area contributed by atoms with Gasteiger partial charge in [0.15, 0.2) is 5.69 Å². The van der Waals surface area contributed by atoms with Crippen molar-refractivity contribution in [1.29, 1.82) is 5.26 Å². The van der Waals surface area contributed by atoms with Crippen LogP contribution in [0.15, 0.2) is 81.3 Å². The standard InChI is InChI=1S/C34H28N2O2S2/c1-33(2,3)29-15-20(23-12-19(18-35)8-10-27(23)39-29)13-25-31(37)26(32(25)38)14-21-16-30(34(4,5)6)40-28-11-9-22(36-7)17-24(21)28/h8-17H,1-6H3/p+1. The van der Waals surface area contributed by atoms with Crippen molar-refractivity contribution in [3.05, 3.63) is 109 Å². The molecule has 1 aliphatic carbocycles. The normalized spacial score (nSPS) is 17.4. The number of carbonyl (C=O) groups excluding carboxylic acids is 1. The smallest absolute Gasteiger partial charge is 0.236 e. The number of carbonyl (C=O) groups is 1. The molecule has 0 atom stereocenters. The molecular weight excluding hydrogens is 533 g/mol. The van der Waals surface area contributed by atoms with Crippen LogP contribution in [0, 0.1) is 23.3 Å². The van der Waals surface area contributed by atoms with Crippen LogP contribution in [0.25, 0.3) is 26.6 Å². The van der Waals surface area contributed by atoms with Crippen LogP contribution in [0.3, 0.4) is 0 Å². The van der Waals surface area contributed by atoms with Crippen molar-refractivity contribution in [1.82, 2.24) is 0 Å². The van der Waals surface area contributed by atoms with Crippen molar-refractivity contribution in [2.45, 2.75) is 51.9 Å². The molecule has 0 fully saturated rings. The summed E-state index contributed by atoms with van der Waals surface area (Å²) >= 11 is 3.34. The number of fused-ring (bicyclic) bond motifs is 2. The number of aliphatic hydroxyl groups excluding tert-OH is 1. The van der Waals surface area contributed by atoms with Gasteiger partial charge in [0.2, 0.25) is 26.7 Å². The summed E-state index contributed by atoms with van der Waals surface area (Å²) in [5.74, 6) is -0.273. The van der Waals surface area contributed by atoms with E-state index in [-0.39, 0.29) is 33.5 Å². The number of aliphatic hydroxyl groups is 1. The maximum Gasteiger partial charge on any atom is 0.236 e. The summed E-state index contributed by atoms with van der Waals surface area (Å²) in [5.41, 5.74) is 3.85. The highest BCUT2D eigenvalue weighted by Gasteiger charge is 2.35. The van der Waals surface area contributed by atoms with Crippen LogP contribution in [-0.4, -0.2) is 10.9 Å². The van der Waals surface area contributed by atoms with E-state index in [1.807, 2.05) is 30.3 Å². The second kappa shape index (κ2) is 9.89. The number of nitrogens with zero attached hydrogens (tertiary/aromatic N) is 2. The van der Waals surface area contributed by atoms with Gasteiger partial charge in [-0.15, -0.1) is 0 Å². The summed E-state index contributed by atoms with van der Waals surface area (Å²) in [6, 6.07) is 15.4. The molecule has 1 aromatic heterocycles. The zero-order chi connectivity index (χ0) is 29.0. The molecule has 0 bridgehead atoms. The van der Waals surface area contributed by atoms with Gasteiger partial charge < -0.3 is 5.11 Å². The molecular formula is C34H29N2O2S2+. The van der Waals surface area contributed by atoms with E-state index in [2.05, 4.69) is 64.6 Å². The lowest BCUT2D eigenvalue weighted by Crippen LogP contribution is -2.21. The third kappa shape index (κ3) is 5.02. The lowest BCUT2D eigenvalue weighted by Gasteiger charge is -2.28. The van der Waals surface area contributed by atoms with Crippen LogP contribution in [0.4, 0.5) is 5.69 Å². The molecule has 0 saturated heterocycles. The quantitative estimate of drug-likeness (QED) is 0.192. The maximum absolute atomic E-state index is 13.4. The first-order valence-corrected chi connectivity index (χ1v) is 14.6. The summed E-state index contributed by atoms with van der Waals surface area (Å²) < 4.78 is 1.02. The number of hydrogen-bond acceptors (Lipinski definition) is 4. The van der Waals surface area contributed by atoms with Gasteiger partial charge in [-0.3, -0.25) is 4.79 Å². The Morgan fingerprint density at radius 3 is 2.40 bits per heavy atom. The van der Waals surface area contributed by atoms with Gasteiger partial charge >= 0.3 is 0 Å². The minimum Gasteiger partial charge on any atom is -0.506 e. The molecule has 3 aromatic rings. The van der Waals surface area contributed by atoms with E-state index in [1.165, 1.54) is 0 Å². The van der Waals surface area contributed by atoms with Gasteiger partial charge in [-0.05, 0) is 75.6 Å². The van der Waals surface area contributed by atoms with Gasteiger partial charge in [0.1, 0.15) is 5.76 Å². The van der Waals surface area contributed by atoms with Crippen LogP contribution >= 0.6 is 23.1 Å². The summed E-state index contributed by atoms with van der Waals surface area (Å²) in [5, 5.41) is 21.5. The predicted octanol–water partition coefficient (Wildman–Crippen LogP) is 9.80. The zero-order valence-corrected chi connectivity index (χ0v) is 25.0. The number of thioether (sulfide) groups is 1. The summed E-state index contributed by atoms with van der Waals surface area (Å²) in [7, 11) is 0. The number of Topliss-reactive ketones (excluding diaryl/α,β-unsaturated/α-hetero) is 1. The molecule has 2 aliphatic rings. The molecule has 4 nitrogen and oxygen atoms in total. The summed E-state index contributed by atoms with van der Waals surface area (Å²) in [6.45, 7) is 20.3. The van der Waals surface area contributed by atoms with Crippen LogP contribution in [0.2, 0.25) is 0 Å². The van der Waals surface area contributed by atoms with Crippen LogP contribution < -0.4 is 0 Å². The molecule has 1 aliphatic heterocycles. The van der Waals surface area contributed by atoms with Crippen molar-refractivity contribution in [2.24, 2.45) is 5.41 Å². The SMILES string of the molecule is [C-]#[N+]c1ccc2[s+]c(C(C)(C)C)cc(C=C3C(=O)C(/C=C4\C=C(C(C)(C)C)Sc5ccc(C#N)cc54)=C3O)c2c1. The van der Waals surface area contributed by atoms with Gasteiger partial charge in [0, 0.05) is 21.8 Å². The number of nitriles is 1. The summed E-state index contributed by atoms with van der Waals surface area (Å²) in [4.78, 5) is 20.3. The topological polar surface area (TPSA) is 65.5 Å². The second-order valence-corrected chi connectivity index (χ2v) is 14.2. The van der Waals surface area contributed by atoms with Gasteiger partial charge in [-0.25, -0.2) is 4.85 Å². The average molecular weight is 562 g/mol. The van der Waals surface area contributed by atoms with Crippen molar-refractivity contribution < 1.29 is 9.90 Å². The minimum atomic E-state index is -0.230. The first-order valence-electron chi connectivity index (χ1n) is 13.0. The average Bonchev–Trinajstić information content (AvgIpc) is 2.92. The highest BCUT2D eigenvalue weighted by Crippen LogP contribution is 2.48. The Morgan fingerprint density at radius 2 is 1.77 bits per heavy atom. The van der Waals surface area contributed by atoms with Crippen LogP contribution in [0.1, 0.15) is 63.1 Å². The van der Waals surface area contributed by atoms with E-state index in [9.17, 15) is 15.2 Å². The number of allylic oxidation sites excluding steroid dienone is 6. The van der Waals surface area contributed by atoms with Crippen molar-refractivity contribution >= 4 is 56.3 Å². The maximum atomic E-state index is 13.4. The van der Waals surface area contributed by atoms with E-state index in [4.69, 9.17) is 6.57 Å². The monoisotopic (exact) mass is 561 g/mol. The lowest BCUT2D eigenvalue weighted by atomic mass is 9.83. The van der Waals surface area contributed by atoms with E-state index >= 15 is 0 Å². The molecule has 0 radical (unpaired) electrons. The molecule has 2 aromatic carbocycles. The van der Waals surface area contributed by atoms with Gasteiger partial charge in [-0.2, -0.15) is 5.26 Å². The molecule has 198 valence electrons. The first kappa shape index (κ1) is 27.6. The Bertz CT molecular complexity index is 1830. The number of ketones is 1. The summed E-state index contributed by atoms with van der Waals surface area (Å²) in [6.07, 6.45) is 5.53. The number of hydrogen-bond donors (Lipinski definition) is 1. The third-order valence-corrected chi connectivity index (χ3v) is 9.97. The first-order chi connectivity index (χ1) is 18.8. The Hall–Kier alpha value is -3.97. The molecule has 40 heavy (non-hydrogen) atoms. The molecule has 0 spiro atoms. The van der Waals surface area contributed by atoms with Crippen molar-refractivity contribution in [3.63, 3.8) is 0 Å². The molecule has 2 heterocycles. The number of benzene rings is 2. The second-order valence-electron chi connectivity index (χ2n) is 12.0. The molecule has 0 amide bonds. The van der Waals surface area contributed by atoms with Crippen LogP contribution in [0.5, 0.6) is 0 Å². The third-order valence-electron chi connectivity index (χ3n) is 6.91. The number of rotatable bonds is 2. The Kier molecular flexibility index (Phi) is 6.83. The minimum absolute atomic E-state index is 0.0428. The van der Waals surface area contributed by atoms with E-state index in [0.29, 0.717) is 11.3 Å². The van der Waals surface area contributed by atoms with Gasteiger partial charge in [-0.1, -0.05) is 59.4 Å². The zero-order valence-electron chi connectivity index (χ0n) is 23.3. The van der Waals surface area contributed by atoms with Gasteiger partial charge in [0.05, 0.1) is 29.4 Å². The Morgan fingerprint density at radius 1 is 1.02 bits per heavy atom. The van der Waals surface area contributed by atoms with Gasteiger partial charge in [0.25, 0.3) is 0 Å². The van der Waals surface area contributed by atoms with Crippen molar-refractivity contribution in [2.75, 3.05) is 0 Å². The Balaban J connectivity index is 1.65. The Labute approximate surface area is 243 Å². The van der Waals surface area contributed by atoms with Crippen LogP contribution in [-0.2, 0) is 10.2 Å². The van der Waals surface area contributed by atoms with E-state index < -0.39 is 0 Å². The molecule has 1 N–H and O–H groups in total. The highest BCUT2D eigenvalue weighted by molar-refractivity contribution is 8.03. The van der Waals surface area contributed by atoms with E-state index in [0.717, 1.165) is 41.5 Å². The largest absolute Gasteiger partial charge is 0.506 e. The predicted molar refractivity (Wildman–Crippen MR) is 166 cm³/mol. The lowest BCUT2D eigenvalue weighted by molar-refractivity contribution is -0.113. The highest BCUT2D eigenvalue weighted by atomic mass is 32.2. The molecule has 6 heteroatoms. The molecule has 0 unspecified atom stereocenters. The fourth-order valence-corrected chi connectivity index (χ4v) is 6.85. The fraction of sp³-hybridized carbons (Fsp3) is 0.235. The van der Waals surface area contributed by atoms with Crippen molar-refractivity contribution in [3.8, 4) is 6.07 Å². The fourth-order valence-electron chi connectivity index (χ4n) is 4.55.